The molecule has 5 heteroatoms. The molecule has 1 N–H and O–H groups in total. The number of hydrogen-bond acceptors (Lipinski definition) is 3. The molecule has 0 saturated heterocycles. The SMILES string of the molecule is O[C@@H]1c2cc(Cl)ncc2C=Cc2ncc(Cl)cc21. The first kappa shape index (κ1) is 11.7. The lowest BCUT2D eigenvalue weighted by molar-refractivity contribution is 0.219. The van der Waals surface area contributed by atoms with Crippen LogP contribution >= 0.6 is 23.2 Å². The predicted octanol–water partition coefficient (Wildman–Crippen LogP) is 3.35. The second-order valence-electron chi connectivity index (χ2n) is 4.00. The van der Waals surface area contributed by atoms with Gasteiger partial charge in [0.25, 0.3) is 0 Å². The van der Waals surface area contributed by atoms with E-state index in [1.807, 2.05) is 12.2 Å². The van der Waals surface area contributed by atoms with E-state index in [0.29, 0.717) is 27.0 Å². The van der Waals surface area contributed by atoms with Crippen molar-refractivity contribution in [3.05, 3.63) is 57.1 Å². The maximum atomic E-state index is 10.4. The molecule has 1 aliphatic carbocycles. The molecule has 90 valence electrons. The summed E-state index contributed by atoms with van der Waals surface area (Å²) < 4.78 is 0. The molecule has 0 spiro atoms. The third-order valence-corrected chi connectivity index (χ3v) is 3.27. The Balaban J connectivity index is 2.25. The zero-order chi connectivity index (χ0) is 12.7. The molecule has 2 heterocycles. The highest BCUT2D eigenvalue weighted by molar-refractivity contribution is 6.30. The number of nitrogens with zero attached hydrogens (tertiary/aromatic N) is 2. The van der Waals surface area contributed by atoms with Crippen molar-refractivity contribution in [2.45, 2.75) is 6.10 Å². The number of rotatable bonds is 0. The monoisotopic (exact) mass is 278 g/mol. The van der Waals surface area contributed by atoms with Crippen LogP contribution in [0.3, 0.4) is 0 Å². The number of hydrogen-bond donors (Lipinski definition) is 1. The number of aliphatic hydroxyl groups is 1. The Bertz CT molecular complexity index is 600. The maximum Gasteiger partial charge on any atom is 0.129 e. The van der Waals surface area contributed by atoms with E-state index in [2.05, 4.69) is 9.97 Å². The zero-order valence-corrected chi connectivity index (χ0v) is 10.7. The van der Waals surface area contributed by atoms with Gasteiger partial charge >= 0.3 is 0 Å². The highest BCUT2D eigenvalue weighted by atomic mass is 35.5. The fourth-order valence-corrected chi connectivity index (χ4v) is 2.32. The van der Waals surface area contributed by atoms with Gasteiger partial charge in [0.2, 0.25) is 0 Å². The van der Waals surface area contributed by atoms with Gasteiger partial charge in [-0.1, -0.05) is 29.3 Å². The molecule has 2 aromatic heterocycles. The number of halogens is 2. The van der Waals surface area contributed by atoms with E-state index in [4.69, 9.17) is 23.2 Å². The summed E-state index contributed by atoms with van der Waals surface area (Å²) in [5.74, 6) is 0. The van der Waals surface area contributed by atoms with Crippen LogP contribution in [0.5, 0.6) is 0 Å². The Labute approximate surface area is 114 Å². The smallest absolute Gasteiger partial charge is 0.129 e. The molecule has 18 heavy (non-hydrogen) atoms. The average Bonchev–Trinajstić information content (AvgIpc) is 2.49. The van der Waals surface area contributed by atoms with E-state index < -0.39 is 6.10 Å². The van der Waals surface area contributed by atoms with Crippen molar-refractivity contribution in [1.82, 2.24) is 9.97 Å². The first-order valence-electron chi connectivity index (χ1n) is 5.32. The van der Waals surface area contributed by atoms with Gasteiger partial charge < -0.3 is 5.11 Å². The van der Waals surface area contributed by atoms with Crippen LogP contribution in [0.15, 0.2) is 24.5 Å². The van der Waals surface area contributed by atoms with Crippen molar-refractivity contribution in [2.24, 2.45) is 0 Å². The molecule has 0 amide bonds. The lowest BCUT2D eigenvalue weighted by Gasteiger charge is -2.14. The maximum absolute atomic E-state index is 10.4. The summed E-state index contributed by atoms with van der Waals surface area (Å²) >= 11 is 11.8. The number of aromatic nitrogens is 2. The summed E-state index contributed by atoms with van der Waals surface area (Å²) in [6.07, 6.45) is 6.06. The van der Waals surface area contributed by atoms with Crippen molar-refractivity contribution >= 4 is 35.4 Å². The van der Waals surface area contributed by atoms with Gasteiger partial charge in [-0.3, -0.25) is 4.98 Å². The molecule has 0 saturated carbocycles. The van der Waals surface area contributed by atoms with E-state index in [-0.39, 0.29) is 0 Å². The molecule has 1 atom stereocenters. The largest absolute Gasteiger partial charge is 0.384 e. The summed E-state index contributed by atoms with van der Waals surface area (Å²) in [7, 11) is 0. The summed E-state index contributed by atoms with van der Waals surface area (Å²) in [6, 6.07) is 3.37. The molecule has 3 nitrogen and oxygen atoms in total. The Hall–Kier alpha value is -1.42. The minimum Gasteiger partial charge on any atom is -0.384 e. The van der Waals surface area contributed by atoms with Gasteiger partial charge in [0.1, 0.15) is 11.3 Å². The minimum atomic E-state index is -0.809. The fourth-order valence-electron chi connectivity index (χ4n) is 1.99. The van der Waals surface area contributed by atoms with Gasteiger partial charge in [0.05, 0.1) is 10.7 Å². The van der Waals surface area contributed by atoms with Crippen molar-refractivity contribution in [2.75, 3.05) is 0 Å². The Morgan fingerprint density at radius 2 is 1.83 bits per heavy atom. The van der Waals surface area contributed by atoms with Gasteiger partial charge in [0, 0.05) is 18.0 Å². The fraction of sp³-hybridized carbons (Fsp3) is 0.0769. The molecule has 0 aliphatic heterocycles. The molecule has 0 bridgehead atoms. The van der Waals surface area contributed by atoms with Crippen LogP contribution < -0.4 is 0 Å². The van der Waals surface area contributed by atoms with E-state index in [1.54, 1.807) is 24.5 Å². The molecular formula is C13H8Cl2N2O. The van der Waals surface area contributed by atoms with E-state index in [1.165, 1.54) is 0 Å². The third-order valence-electron chi connectivity index (χ3n) is 2.86. The first-order chi connectivity index (χ1) is 8.65. The van der Waals surface area contributed by atoms with Crippen LogP contribution in [0.4, 0.5) is 0 Å². The molecule has 0 radical (unpaired) electrons. The van der Waals surface area contributed by atoms with Gasteiger partial charge in [-0.15, -0.1) is 0 Å². The van der Waals surface area contributed by atoms with E-state index in [9.17, 15) is 5.11 Å². The Morgan fingerprint density at radius 1 is 1.00 bits per heavy atom. The Kier molecular flexibility index (Phi) is 2.82. The Morgan fingerprint density at radius 3 is 2.67 bits per heavy atom. The second-order valence-corrected chi connectivity index (χ2v) is 4.82. The first-order valence-corrected chi connectivity index (χ1v) is 6.08. The van der Waals surface area contributed by atoms with Crippen LogP contribution in [0.2, 0.25) is 10.2 Å². The van der Waals surface area contributed by atoms with Crippen LogP contribution in [-0.2, 0) is 0 Å². The molecule has 0 aromatic carbocycles. The predicted molar refractivity (Wildman–Crippen MR) is 71.5 cm³/mol. The van der Waals surface area contributed by atoms with Gasteiger partial charge in [-0.2, -0.15) is 0 Å². The molecule has 1 aliphatic rings. The normalized spacial score (nSPS) is 16.9. The second kappa shape index (κ2) is 4.35. The van der Waals surface area contributed by atoms with Crippen molar-refractivity contribution in [3.63, 3.8) is 0 Å². The van der Waals surface area contributed by atoms with Gasteiger partial charge in [-0.05, 0) is 29.3 Å². The van der Waals surface area contributed by atoms with Gasteiger partial charge in [0.15, 0.2) is 0 Å². The lowest BCUT2D eigenvalue weighted by atomic mass is 10.0. The van der Waals surface area contributed by atoms with Crippen LogP contribution in [0.25, 0.3) is 12.2 Å². The minimum absolute atomic E-state index is 0.347. The summed E-state index contributed by atoms with van der Waals surface area (Å²) in [6.45, 7) is 0. The summed E-state index contributed by atoms with van der Waals surface area (Å²) in [5.41, 5.74) is 2.88. The van der Waals surface area contributed by atoms with Crippen molar-refractivity contribution in [3.8, 4) is 0 Å². The molecule has 2 aromatic rings. The van der Waals surface area contributed by atoms with Crippen LogP contribution in [-0.4, -0.2) is 15.1 Å². The van der Waals surface area contributed by atoms with E-state index in [0.717, 1.165) is 5.56 Å². The van der Waals surface area contributed by atoms with Crippen molar-refractivity contribution in [1.29, 1.82) is 0 Å². The van der Waals surface area contributed by atoms with E-state index >= 15 is 0 Å². The summed E-state index contributed by atoms with van der Waals surface area (Å²) in [4.78, 5) is 8.21. The summed E-state index contributed by atoms with van der Waals surface area (Å²) in [5, 5.41) is 11.3. The molecule has 0 fully saturated rings. The standard InChI is InChI=1S/C13H8Cl2N2O/c14-8-3-10-11(16-6-8)2-1-7-5-17-12(15)4-9(7)13(10)18/h1-6,13,18H/t13-/m1/s1. The molecular weight excluding hydrogens is 271 g/mol. The lowest BCUT2D eigenvalue weighted by Crippen LogP contribution is -2.04. The number of aliphatic hydroxyl groups excluding tert-OH is 1. The highest BCUT2D eigenvalue weighted by Gasteiger charge is 2.20. The molecule has 0 unspecified atom stereocenters. The number of pyridine rings is 2. The molecule has 3 rings (SSSR count). The third kappa shape index (κ3) is 1.90. The average molecular weight is 279 g/mol. The quantitative estimate of drug-likeness (QED) is 0.752. The highest BCUT2D eigenvalue weighted by Crippen LogP contribution is 2.33. The zero-order valence-electron chi connectivity index (χ0n) is 9.14. The van der Waals surface area contributed by atoms with Crippen molar-refractivity contribution < 1.29 is 5.11 Å². The topological polar surface area (TPSA) is 46.0 Å². The van der Waals surface area contributed by atoms with Gasteiger partial charge in [-0.25, -0.2) is 4.98 Å². The number of fused-ring (bicyclic) bond motifs is 2. The van der Waals surface area contributed by atoms with Crippen LogP contribution in [0.1, 0.15) is 28.5 Å². The van der Waals surface area contributed by atoms with Crippen LogP contribution in [0, 0.1) is 0 Å².